The van der Waals surface area contributed by atoms with Crippen LogP contribution in [0.4, 0.5) is 0 Å². The molecule has 0 radical (unpaired) electrons. The Bertz CT molecular complexity index is 1480. The van der Waals surface area contributed by atoms with E-state index in [0.29, 0.717) is 0 Å². The van der Waals surface area contributed by atoms with Gasteiger partial charge in [0.15, 0.2) is 17.1 Å². The number of nitrogens with zero attached hydrogens (tertiary/aromatic N) is 8. The molecule has 0 saturated carbocycles. The maximum atomic E-state index is 4.53. The van der Waals surface area contributed by atoms with Gasteiger partial charge in [0.05, 0.1) is 12.4 Å². The molecule has 0 N–H and O–H groups in total. The molecule has 0 amide bonds. The maximum absolute atomic E-state index is 4.53. The Morgan fingerprint density at radius 1 is 0.750 bits per heavy atom. The third-order valence-corrected chi connectivity index (χ3v) is 5.07. The first-order chi connectivity index (χ1) is 13.9. The minimum atomic E-state index is 0.742. The Hall–Kier alpha value is -3.94. The summed E-state index contributed by atoms with van der Waals surface area (Å²) in [5.74, 6) is 0.850. The topological polar surface area (TPSA) is 86.2 Å². The number of fused-ring (bicyclic) bond motifs is 6. The van der Waals surface area contributed by atoms with Crippen molar-refractivity contribution in [1.82, 2.24) is 39.6 Å². The number of rotatable bonds is 3. The van der Waals surface area contributed by atoms with Crippen molar-refractivity contribution in [2.24, 2.45) is 0 Å². The van der Waals surface area contributed by atoms with Crippen molar-refractivity contribution in [3.8, 4) is 0 Å². The summed E-state index contributed by atoms with van der Waals surface area (Å²) < 4.78 is 3.53. The molecule has 0 saturated heterocycles. The van der Waals surface area contributed by atoms with Gasteiger partial charge < -0.3 is 0 Å². The molecule has 4 aromatic heterocycles. The first kappa shape index (κ1) is 15.2. The molecule has 0 spiro atoms. The normalized spacial score (nSPS) is 11.9. The molecule has 8 nitrogen and oxygen atoms in total. The zero-order valence-electron chi connectivity index (χ0n) is 14.8. The molecule has 28 heavy (non-hydrogen) atoms. The average molecular weight is 366 g/mol. The number of aryl methyl sites for hydroxylation is 2. The second kappa shape index (κ2) is 5.78. The highest BCUT2D eigenvalue weighted by molar-refractivity contribution is 5.93. The number of hydrogen-bond donors (Lipinski definition) is 0. The SMILES string of the molecule is c1ccc2c(c1)cnn1c(CCc3ccc4cnn5cnnc5c4c3)nnc21. The predicted molar refractivity (Wildman–Crippen MR) is 104 cm³/mol. The summed E-state index contributed by atoms with van der Waals surface area (Å²) in [5, 5.41) is 29.9. The molecule has 2 aromatic carbocycles. The maximum Gasteiger partial charge on any atom is 0.185 e. The van der Waals surface area contributed by atoms with E-state index in [9.17, 15) is 0 Å². The van der Waals surface area contributed by atoms with E-state index >= 15 is 0 Å². The molecule has 6 aromatic rings. The second-order valence-corrected chi connectivity index (χ2v) is 6.75. The Morgan fingerprint density at radius 3 is 2.64 bits per heavy atom. The van der Waals surface area contributed by atoms with Crippen LogP contribution in [0.25, 0.3) is 32.8 Å². The lowest BCUT2D eigenvalue weighted by Gasteiger charge is -2.04. The molecule has 0 bridgehead atoms. The Labute approximate surface area is 158 Å². The van der Waals surface area contributed by atoms with Crippen molar-refractivity contribution in [1.29, 1.82) is 0 Å². The van der Waals surface area contributed by atoms with Crippen LogP contribution in [0.3, 0.4) is 0 Å². The van der Waals surface area contributed by atoms with Crippen LogP contribution in [0, 0.1) is 0 Å². The highest BCUT2D eigenvalue weighted by Gasteiger charge is 2.11. The van der Waals surface area contributed by atoms with E-state index in [1.54, 1.807) is 10.8 Å². The van der Waals surface area contributed by atoms with Gasteiger partial charge in [-0.1, -0.05) is 36.4 Å². The van der Waals surface area contributed by atoms with Gasteiger partial charge in [0, 0.05) is 28.0 Å². The molecule has 0 fully saturated rings. The largest absolute Gasteiger partial charge is 0.200 e. The Morgan fingerprint density at radius 2 is 1.64 bits per heavy atom. The highest BCUT2D eigenvalue weighted by atomic mass is 15.4. The van der Waals surface area contributed by atoms with Crippen LogP contribution in [-0.4, -0.2) is 39.6 Å². The molecule has 0 atom stereocenters. The van der Waals surface area contributed by atoms with Crippen LogP contribution < -0.4 is 0 Å². The van der Waals surface area contributed by atoms with Crippen LogP contribution >= 0.6 is 0 Å². The van der Waals surface area contributed by atoms with Crippen molar-refractivity contribution < 1.29 is 0 Å². The summed E-state index contributed by atoms with van der Waals surface area (Å²) in [6.07, 6.45) is 6.87. The van der Waals surface area contributed by atoms with Gasteiger partial charge in [0.1, 0.15) is 6.33 Å². The Balaban J connectivity index is 1.37. The van der Waals surface area contributed by atoms with Crippen molar-refractivity contribution in [3.63, 3.8) is 0 Å². The van der Waals surface area contributed by atoms with E-state index in [-0.39, 0.29) is 0 Å². The average Bonchev–Trinajstić information content (AvgIpc) is 3.39. The molecular formula is C20H14N8. The summed E-state index contributed by atoms with van der Waals surface area (Å²) in [7, 11) is 0. The number of hydrogen-bond acceptors (Lipinski definition) is 6. The standard InChI is InChI=1S/C20H14N8/c1-2-4-16-14(3-1)11-23-28-18(24-26-20(16)28)8-6-13-5-7-15-10-22-27-12-21-25-19(27)17(15)9-13/h1-5,7,9-12H,6,8H2. The molecular weight excluding hydrogens is 352 g/mol. The van der Waals surface area contributed by atoms with Gasteiger partial charge in [-0.25, -0.2) is 0 Å². The summed E-state index contributed by atoms with van der Waals surface area (Å²) >= 11 is 0. The molecule has 0 aliphatic heterocycles. The van der Waals surface area contributed by atoms with Crippen molar-refractivity contribution in [2.45, 2.75) is 12.8 Å². The fourth-order valence-electron chi connectivity index (χ4n) is 3.63. The lowest BCUT2D eigenvalue weighted by molar-refractivity contribution is 0.786. The zero-order chi connectivity index (χ0) is 18.5. The van der Waals surface area contributed by atoms with E-state index < -0.39 is 0 Å². The summed E-state index contributed by atoms with van der Waals surface area (Å²) in [6, 6.07) is 14.4. The minimum Gasteiger partial charge on any atom is -0.200 e. The summed E-state index contributed by atoms with van der Waals surface area (Å²) in [4.78, 5) is 0. The van der Waals surface area contributed by atoms with Gasteiger partial charge in [-0.3, -0.25) is 0 Å². The van der Waals surface area contributed by atoms with E-state index in [4.69, 9.17) is 0 Å². The van der Waals surface area contributed by atoms with E-state index in [2.05, 4.69) is 48.8 Å². The molecule has 0 aliphatic carbocycles. The van der Waals surface area contributed by atoms with Gasteiger partial charge in [-0.2, -0.15) is 19.2 Å². The first-order valence-electron chi connectivity index (χ1n) is 9.02. The van der Waals surface area contributed by atoms with Gasteiger partial charge in [0.25, 0.3) is 0 Å². The van der Waals surface area contributed by atoms with Crippen LogP contribution in [0.5, 0.6) is 0 Å². The van der Waals surface area contributed by atoms with Gasteiger partial charge in [0.2, 0.25) is 0 Å². The third-order valence-electron chi connectivity index (χ3n) is 5.07. The number of aromatic nitrogens is 8. The van der Waals surface area contributed by atoms with Crippen LogP contribution in [0.1, 0.15) is 11.4 Å². The van der Waals surface area contributed by atoms with E-state index in [1.165, 1.54) is 5.56 Å². The van der Waals surface area contributed by atoms with E-state index in [0.717, 1.165) is 51.5 Å². The number of benzene rings is 2. The van der Waals surface area contributed by atoms with Crippen LogP contribution in [0.15, 0.2) is 61.2 Å². The van der Waals surface area contributed by atoms with Gasteiger partial charge in [-0.05, 0) is 18.1 Å². The van der Waals surface area contributed by atoms with Crippen LogP contribution in [0.2, 0.25) is 0 Å². The minimum absolute atomic E-state index is 0.742. The summed E-state index contributed by atoms with van der Waals surface area (Å²) in [6.45, 7) is 0. The van der Waals surface area contributed by atoms with Gasteiger partial charge >= 0.3 is 0 Å². The van der Waals surface area contributed by atoms with Crippen molar-refractivity contribution in [3.05, 3.63) is 72.6 Å². The van der Waals surface area contributed by atoms with Gasteiger partial charge in [-0.15, -0.1) is 20.4 Å². The molecule has 134 valence electrons. The molecule has 0 aliphatic rings. The lowest BCUT2D eigenvalue weighted by Crippen LogP contribution is -2.01. The quantitative estimate of drug-likeness (QED) is 0.479. The lowest BCUT2D eigenvalue weighted by atomic mass is 10.1. The zero-order valence-corrected chi connectivity index (χ0v) is 14.8. The fraction of sp³-hybridized carbons (Fsp3) is 0.100. The molecule has 0 unspecified atom stereocenters. The van der Waals surface area contributed by atoms with Crippen molar-refractivity contribution in [2.75, 3.05) is 0 Å². The highest BCUT2D eigenvalue weighted by Crippen LogP contribution is 2.21. The second-order valence-electron chi connectivity index (χ2n) is 6.75. The smallest absolute Gasteiger partial charge is 0.185 e. The fourth-order valence-corrected chi connectivity index (χ4v) is 3.63. The summed E-state index contributed by atoms with van der Waals surface area (Å²) in [5.41, 5.74) is 2.75. The monoisotopic (exact) mass is 366 g/mol. The van der Waals surface area contributed by atoms with Crippen LogP contribution in [-0.2, 0) is 12.8 Å². The Kier molecular flexibility index (Phi) is 3.13. The molecule has 4 heterocycles. The molecule has 6 rings (SSSR count). The van der Waals surface area contributed by atoms with E-state index in [1.807, 2.05) is 41.2 Å². The third kappa shape index (κ3) is 2.24. The van der Waals surface area contributed by atoms with Crippen molar-refractivity contribution >= 4 is 32.8 Å². The molecule has 8 heteroatoms. The predicted octanol–water partition coefficient (Wildman–Crippen LogP) is 2.65. The first-order valence-corrected chi connectivity index (χ1v) is 9.02.